The molecule has 0 atom stereocenters. The number of carbonyl (C=O) groups excluding carboxylic acids is 2. The number of carbonyl (C=O) groups is 2. The van der Waals surface area contributed by atoms with Gasteiger partial charge in [-0.1, -0.05) is 31.2 Å². The number of aryl methyl sites for hydroxylation is 1. The predicted molar refractivity (Wildman–Crippen MR) is 148 cm³/mol. The number of hydrogen-bond donors (Lipinski definition) is 0. The van der Waals surface area contributed by atoms with Crippen LogP contribution in [-0.4, -0.2) is 71.1 Å². The van der Waals surface area contributed by atoms with Gasteiger partial charge in [-0.25, -0.2) is 5.01 Å². The summed E-state index contributed by atoms with van der Waals surface area (Å²) in [5.41, 5.74) is 3.81. The van der Waals surface area contributed by atoms with Gasteiger partial charge in [-0.15, -0.1) is 0 Å². The Bertz CT molecular complexity index is 1290. The van der Waals surface area contributed by atoms with Crippen LogP contribution in [0.15, 0.2) is 66.0 Å². The third-order valence-corrected chi connectivity index (χ3v) is 6.58. The van der Waals surface area contributed by atoms with Gasteiger partial charge in [0.2, 0.25) is 11.8 Å². The minimum atomic E-state index is -0.141. The molecule has 0 N–H and O–H groups in total. The van der Waals surface area contributed by atoms with Crippen LogP contribution in [0, 0.1) is 0 Å². The zero-order chi connectivity index (χ0) is 27.1. The molecule has 1 aromatic heterocycles. The van der Waals surface area contributed by atoms with Gasteiger partial charge in [0.1, 0.15) is 5.75 Å². The lowest BCUT2D eigenvalue weighted by Gasteiger charge is -2.24. The van der Waals surface area contributed by atoms with E-state index in [1.165, 1.54) is 18.7 Å². The van der Waals surface area contributed by atoms with E-state index in [1.54, 1.807) is 47.4 Å². The number of likely N-dealkylation sites (N-methyl/N-ethyl adjacent to an activating group) is 2. The molecule has 4 rings (SSSR count). The quantitative estimate of drug-likeness (QED) is 0.421. The summed E-state index contributed by atoms with van der Waals surface area (Å²) in [5.74, 6) is 1.39. The van der Waals surface area contributed by atoms with Crippen molar-refractivity contribution < 1.29 is 14.3 Å². The minimum absolute atomic E-state index is 0.0118. The van der Waals surface area contributed by atoms with Crippen LogP contribution in [0.25, 0.3) is 0 Å². The summed E-state index contributed by atoms with van der Waals surface area (Å²) in [5, 5.41) is 6.21. The van der Waals surface area contributed by atoms with Gasteiger partial charge in [-0.3, -0.25) is 14.6 Å². The fourth-order valence-electron chi connectivity index (χ4n) is 4.00. The molecule has 0 bridgehead atoms. The molecule has 2 aromatic carbocycles. The number of rotatable bonds is 9. The molecular formula is C29H34N6O3. The number of amides is 2. The van der Waals surface area contributed by atoms with Gasteiger partial charge in [-0.05, 0) is 54.7 Å². The van der Waals surface area contributed by atoms with E-state index < -0.39 is 0 Å². The van der Waals surface area contributed by atoms with Crippen molar-refractivity contribution in [1.29, 1.82) is 0 Å². The average Bonchev–Trinajstić information content (AvgIpc) is 2.96. The number of hydrazone groups is 1. The lowest BCUT2D eigenvalue weighted by atomic mass is 10.0. The molecule has 198 valence electrons. The van der Waals surface area contributed by atoms with E-state index in [1.807, 2.05) is 11.9 Å². The Morgan fingerprint density at radius 2 is 1.74 bits per heavy atom. The summed E-state index contributed by atoms with van der Waals surface area (Å²) in [4.78, 5) is 36.9. The molecule has 0 aliphatic carbocycles. The molecule has 0 radical (unpaired) electrons. The predicted octanol–water partition coefficient (Wildman–Crippen LogP) is 4.39. The van der Waals surface area contributed by atoms with Gasteiger partial charge in [-0.2, -0.15) is 10.1 Å². The summed E-state index contributed by atoms with van der Waals surface area (Å²) in [6.07, 6.45) is 5.90. The fraction of sp³-hybridized carbons (Fsp3) is 0.345. The molecule has 2 amide bonds. The van der Waals surface area contributed by atoms with Crippen LogP contribution in [0.3, 0.4) is 0 Å². The molecule has 9 nitrogen and oxygen atoms in total. The second kappa shape index (κ2) is 12.3. The number of hydrogen-bond acceptors (Lipinski definition) is 7. The van der Waals surface area contributed by atoms with Gasteiger partial charge in [0.05, 0.1) is 18.1 Å². The fourth-order valence-corrected chi connectivity index (χ4v) is 4.00. The molecule has 9 heteroatoms. The van der Waals surface area contributed by atoms with Gasteiger partial charge in [0, 0.05) is 46.2 Å². The Kier molecular flexibility index (Phi) is 8.68. The van der Waals surface area contributed by atoms with Crippen LogP contribution in [0.5, 0.6) is 11.6 Å². The van der Waals surface area contributed by atoms with Gasteiger partial charge < -0.3 is 14.5 Å². The van der Waals surface area contributed by atoms with Crippen molar-refractivity contribution in [1.82, 2.24) is 19.9 Å². The van der Waals surface area contributed by atoms with Crippen molar-refractivity contribution >= 4 is 23.3 Å². The molecule has 0 unspecified atom stereocenters. The maximum Gasteiger partial charge on any atom is 0.273 e. The lowest BCUT2D eigenvalue weighted by molar-refractivity contribution is -0.127. The third-order valence-electron chi connectivity index (χ3n) is 6.58. The maximum atomic E-state index is 13.1. The maximum absolute atomic E-state index is 13.1. The molecule has 3 aromatic rings. The van der Waals surface area contributed by atoms with Crippen LogP contribution >= 0.6 is 0 Å². The Morgan fingerprint density at radius 1 is 1.00 bits per heavy atom. The van der Waals surface area contributed by atoms with E-state index in [0.29, 0.717) is 42.6 Å². The monoisotopic (exact) mass is 514 g/mol. The van der Waals surface area contributed by atoms with Gasteiger partial charge >= 0.3 is 0 Å². The summed E-state index contributed by atoms with van der Waals surface area (Å²) in [7, 11) is 3.65. The van der Waals surface area contributed by atoms with E-state index in [4.69, 9.17) is 4.74 Å². The van der Waals surface area contributed by atoms with Crippen LogP contribution in [0.1, 0.15) is 48.2 Å². The first kappa shape index (κ1) is 26.8. The Labute approximate surface area is 223 Å². The first-order chi connectivity index (χ1) is 18.3. The van der Waals surface area contributed by atoms with Crippen molar-refractivity contribution in [3.05, 3.63) is 77.6 Å². The van der Waals surface area contributed by atoms with E-state index in [-0.39, 0.29) is 11.8 Å². The highest BCUT2D eigenvalue weighted by molar-refractivity contribution is 6.03. The van der Waals surface area contributed by atoms with Crippen LogP contribution in [0.4, 0.5) is 5.82 Å². The standard InChI is InChI=1S/C29H34N6O3/c1-5-22-8-10-23(11-9-22)26-7-6-16-35(32-26)29(37)24-12-14-25(15-13-24)38-28-20-30-19-27(31-28)34(4)18-17-33(3)21(2)36/h8-15,19-20H,5-7,16-18H2,1-4H3. The topological polar surface area (TPSA) is 91.2 Å². The second-order valence-corrected chi connectivity index (χ2v) is 9.33. The van der Waals surface area contributed by atoms with Crippen LogP contribution < -0.4 is 9.64 Å². The average molecular weight is 515 g/mol. The van der Waals surface area contributed by atoms with Crippen LogP contribution in [0.2, 0.25) is 0 Å². The number of ether oxygens (including phenoxy) is 1. The van der Waals surface area contributed by atoms with Gasteiger partial charge in [0.25, 0.3) is 5.91 Å². The van der Waals surface area contributed by atoms with Crippen molar-refractivity contribution in [2.75, 3.05) is 38.6 Å². The van der Waals surface area contributed by atoms with Crippen LogP contribution in [-0.2, 0) is 11.2 Å². The Balaban J connectivity index is 1.39. The lowest BCUT2D eigenvalue weighted by Crippen LogP contribution is -2.33. The van der Waals surface area contributed by atoms with Crippen molar-refractivity contribution in [2.45, 2.75) is 33.1 Å². The highest BCUT2D eigenvalue weighted by atomic mass is 16.5. The summed E-state index contributed by atoms with van der Waals surface area (Å²) < 4.78 is 5.89. The number of nitrogens with zero attached hydrogens (tertiary/aromatic N) is 6. The Hall–Kier alpha value is -4.27. The van der Waals surface area contributed by atoms with E-state index >= 15 is 0 Å². The van der Waals surface area contributed by atoms with Crippen molar-refractivity contribution in [3.63, 3.8) is 0 Å². The number of anilines is 1. The van der Waals surface area contributed by atoms with Crippen molar-refractivity contribution in [3.8, 4) is 11.6 Å². The minimum Gasteiger partial charge on any atom is -0.437 e. The molecule has 0 spiro atoms. The highest BCUT2D eigenvalue weighted by Crippen LogP contribution is 2.23. The van der Waals surface area contributed by atoms with E-state index in [0.717, 1.165) is 30.5 Å². The number of aromatic nitrogens is 2. The molecule has 38 heavy (non-hydrogen) atoms. The smallest absolute Gasteiger partial charge is 0.273 e. The molecule has 0 fully saturated rings. The van der Waals surface area contributed by atoms with E-state index in [2.05, 4.69) is 46.3 Å². The highest BCUT2D eigenvalue weighted by Gasteiger charge is 2.21. The molecular weight excluding hydrogens is 480 g/mol. The molecule has 0 saturated heterocycles. The molecule has 0 saturated carbocycles. The summed E-state index contributed by atoms with van der Waals surface area (Å²) in [6, 6.07) is 15.3. The van der Waals surface area contributed by atoms with Crippen molar-refractivity contribution in [2.24, 2.45) is 5.10 Å². The molecule has 2 heterocycles. The van der Waals surface area contributed by atoms with E-state index in [9.17, 15) is 9.59 Å². The second-order valence-electron chi connectivity index (χ2n) is 9.33. The Morgan fingerprint density at radius 3 is 2.42 bits per heavy atom. The molecule has 1 aliphatic rings. The third kappa shape index (κ3) is 6.73. The number of benzene rings is 2. The largest absolute Gasteiger partial charge is 0.437 e. The summed E-state index contributed by atoms with van der Waals surface area (Å²) >= 11 is 0. The zero-order valence-electron chi connectivity index (χ0n) is 22.4. The first-order valence-corrected chi connectivity index (χ1v) is 12.9. The zero-order valence-corrected chi connectivity index (χ0v) is 22.4. The molecule has 1 aliphatic heterocycles. The summed E-state index contributed by atoms with van der Waals surface area (Å²) in [6.45, 7) is 5.44. The van der Waals surface area contributed by atoms with Gasteiger partial charge in [0.15, 0.2) is 5.82 Å². The SMILES string of the molecule is CCc1ccc(C2=NN(C(=O)c3ccc(Oc4cncc(N(C)CCN(C)C(C)=O)n4)cc3)CCC2)cc1. The first-order valence-electron chi connectivity index (χ1n) is 12.9. The normalized spacial score (nSPS) is 13.1.